The van der Waals surface area contributed by atoms with Crippen molar-refractivity contribution in [2.75, 3.05) is 5.01 Å². The largest absolute Gasteiger partial charge is 0.341 e. The maximum Gasteiger partial charge on any atom is 0.268 e. The molecule has 1 N–H and O–H groups in total. The van der Waals surface area contributed by atoms with E-state index in [0.717, 1.165) is 29.1 Å². The van der Waals surface area contributed by atoms with Crippen molar-refractivity contribution in [1.29, 1.82) is 0 Å². The molecule has 0 fully saturated rings. The lowest BCUT2D eigenvalue weighted by Crippen LogP contribution is -2.35. The average Bonchev–Trinajstić information content (AvgIpc) is 3.36. The maximum atomic E-state index is 13.0. The molecule has 2 unspecified atom stereocenters. The molecule has 2 heterocycles. The van der Waals surface area contributed by atoms with Gasteiger partial charge in [0.15, 0.2) is 5.78 Å². The van der Waals surface area contributed by atoms with Crippen LogP contribution in [0, 0.1) is 0 Å². The van der Waals surface area contributed by atoms with E-state index in [0.29, 0.717) is 5.71 Å². The number of anilines is 1. The number of ketones is 1. The molecule has 4 rings (SSSR count). The number of fused-ring (bicyclic) bond motifs is 1. The number of hydrazone groups is 1. The number of hydrogen-bond donors (Lipinski definition) is 1. The van der Waals surface area contributed by atoms with Crippen LogP contribution in [0.4, 0.5) is 5.69 Å². The first kappa shape index (κ1) is 19.8. The molecule has 1 aliphatic heterocycles. The van der Waals surface area contributed by atoms with Gasteiger partial charge in [0.1, 0.15) is 17.6 Å². The number of rotatable bonds is 6. The lowest BCUT2D eigenvalue weighted by Gasteiger charge is -2.20. The normalized spacial score (nSPS) is 17.1. The minimum absolute atomic E-state index is 0.0220. The van der Waals surface area contributed by atoms with Crippen LogP contribution in [0.1, 0.15) is 39.1 Å². The van der Waals surface area contributed by atoms with Gasteiger partial charge in [-0.25, -0.2) is 4.98 Å². The van der Waals surface area contributed by atoms with Gasteiger partial charge in [-0.2, -0.15) is 5.10 Å². The van der Waals surface area contributed by atoms with Gasteiger partial charge in [-0.05, 0) is 45.0 Å². The monoisotopic (exact) mass is 403 g/mol. The summed E-state index contributed by atoms with van der Waals surface area (Å²) in [5.41, 5.74) is 3.09. The summed E-state index contributed by atoms with van der Waals surface area (Å²) in [6, 6.07) is 16.6. The number of Topliss-reactive ketones (excluding diaryl/α,β-unsaturated/α-hetero) is 1. The van der Waals surface area contributed by atoms with Gasteiger partial charge in [-0.1, -0.05) is 30.3 Å². The van der Waals surface area contributed by atoms with Crippen molar-refractivity contribution in [3.63, 3.8) is 0 Å². The second-order valence-electron chi connectivity index (χ2n) is 7.46. The van der Waals surface area contributed by atoms with Gasteiger partial charge < -0.3 is 9.88 Å². The SMILES string of the molecule is CCn1c(C(C)NC(=O)C2=NN(c3ccccc3)C(C(C)=O)C2)nc2ccccc21. The number of para-hydroxylation sites is 3. The van der Waals surface area contributed by atoms with Gasteiger partial charge in [-0.3, -0.25) is 14.6 Å². The first-order valence-corrected chi connectivity index (χ1v) is 10.2. The molecular weight excluding hydrogens is 378 g/mol. The Morgan fingerprint density at radius 2 is 1.83 bits per heavy atom. The van der Waals surface area contributed by atoms with Crippen LogP contribution >= 0.6 is 0 Å². The maximum absolute atomic E-state index is 13.0. The van der Waals surface area contributed by atoms with Crippen LogP contribution in [-0.4, -0.2) is 33.0 Å². The third-order valence-electron chi connectivity index (χ3n) is 5.40. The van der Waals surface area contributed by atoms with Crippen molar-refractivity contribution in [2.45, 2.75) is 45.8 Å². The Balaban J connectivity index is 1.57. The second-order valence-corrected chi connectivity index (χ2v) is 7.46. The fourth-order valence-corrected chi connectivity index (χ4v) is 3.88. The molecule has 2 aromatic carbocycles. The molecule has 0 saturated carbocycles. The molecule has 1 amide bonds. The van der Waals surface area contributed by atoms with Gasteiger partial charge >= 0.3 is 0 Å². The molecule has 1 aromatic heterocycles. The van der Waals surface area contributed by atoms with E-state index < -0.39 is 6.04 Å². The topological polar surface area (TPSA) is 79.6 Å². The lowest BCUT2D eigenvalue weighted by molar-refractivity contribution is -0.118. The molecular formula is C23H25N5O2. The van der Waals surface area contributed by atoms with Gasteiger partial charge in [0.2, 0.25) is 0 Å². The predicted molar refractivity (Wildman–Crippen MR) is 117 cm³/mol. The number of nitrogens with one attached hydrogen (secondary N) is 1. The fraction of sp³-hybridized carbons (Fsp3) is 0.304. The minimum atomic E-state index is -0.469. The minimum Gasteiger partial charge on any atom is -0.341 e. The van der Waals surface area contributed by atoms with Gasteiger partial charge in [-0.15, -0.1) is 0 Å². The van der Waals surface area contributed by atoms with Crippen molar-refractivity contribution in [2.24, 2.45) is 5.10 Å². The zero-order valence-corrected chi connectivity index (χ0v) is 17.4. The quantitative estimate of drug-likeness (QED) is 0.684. The van der Waals surface area contributed by atoms with Crippen LogP contribution in [0.15, 0.2) is 59.7 Å². The Labute approximate surface area is 175 Å². The highest BCUT2D eigenvalue weighted by Crippen LogP contribution is 2.26. The zero-order valence-electron chi connectivity index (χ0n) is 17.4. The summed E-state index contributed by atoms with van der Waals surface area (Å²) in [6.45, 7) is 6.26. The van der Waals surface area contributed by atoms with Gasteiger partial charge in [0.05, 0.1) is 22.8 Å². The molecule has 7 nitrogen and oxygen atoms in total. The van der Waals surface area contributed by atoms with E-state index in [-0.39, 0.29) is 24.2 Å². The third kappa shape index (κ3) is 3.58. The van der Waals surface area contributed by atoms with Gasteiger partial charge in [0, 0.05) is 13.0 Å². The van der Waals surface area contributed by atoms with E-state index in [1.165, 1.54) is 6.92 Å². The molecule has 3 aromatic rings. The van der Waals surface area contributed by atoms with E-state index in [1.54, 1.807) is 5.01 Å². The first-order chi connectivity index (χ1) is 14.5. The molecule has 0 spiro atoms. The Bertz CT molecular complexity index is 1120. The molecule has 0 bridgehead atoms. The molecule has 0 saturated heterocycles. The summed E-state index contributed by atoms with van der Waals surface area (Å²) in [4.78, 5) is 29.8. The van der Waals surface area contributed by atoms with Crippen molar-refractivity contribution < 1.29 is 9.59 Å². The van der Waals surface area contributed by atoms with Crippen LogP contribution in [0.3, 0.4) is 0 Å². The first-order valence-electron chi connectivity index (χ1n) is 10.2. The molecule has 7 heteroatoms. The third-order valence-corrected chi connectivity index (χ3v) is 5.40. The van der Waals surface area contributed by atoms with Crippen molar-refractivity contribution in [1.82, 2.24) is 14.9 Å². The Morgan fingerprint density at radius 1 is 1.13 bits per heavy atom. The van der Waals surface area contributed by atoms with Crippen molar-refractivity contribution in [3.05, 3.63) is 60.4 Å². The highest BCUT2D eigenvalue weighted by Gasteiger charge is 2.34. The van der Waals surface area contributed by atoms with Crippen LogP contribution in [0.5, 0.6) is 0 Å². The summed E-state index contributed by atoms with van der Waals surface area (Å²) in [6.07, 6.45) is 0.285. The number of amides is 1. The fourth-order valence-electron chi connectivity index (χ4n) is 3.88. The number of hydrogen-bond acceptors (Lipinski definition) is 5. The summed E-state index contributed by atoms with van der Waals surface area (Å²) in [7, 11) is 0. The van der Waals surface area contributed by atoms with E-state index in [2.05, 4.69) is 21.9 Å². The number of nitrogens with zero attached hydrogens (tertiary/aromatic N) is 4. The highest BCUT2D eigenvalue weighted by atomic mass is 16.2. The Hall–Kier alpha value is -3.48. The Morgan fingerprint density at radius 3 is 2.53 bits per heavy atom. The summed E-state index contributed by atoms with van der Waals surface area (Å²) < 4.78 is 2.10. The average molecular weight is 403 g/mol. The van der Waals surface area contributed by atoms with Crippen molar-refractivity contribution in [3.8, 4) is 0 Å². The molecule has 0 aliphatic carbocycles. The number of imidazole rings is 1. The van der Waals surface area contributed by atoms with Crippen LogP contribution in [-0.2, 0) is 16.1 Å². The zero-order chi connectivity index (χ0) is 21.3. The number of carbonyl (C=O) groups excluding carboxylic acids is 2. The Kier molecular flexibility index (Phi) is 5.35. The van der Waals surface area contributed by atoms with Crippen LogP contribution < -0.4 is 10.3 Å². The van der Waals surface area contributed by atoms with E-state index >= 15 is 0 Å². The molecule has 30 heavy (non-hydrogen) atoms. The van der Waals surface area contributed by atoms with E-state index in [9.17, 15) is 9.59 Å². The van der Waals surface area contributed by atoms with E-state index in [4.69, 9.17) is 4.98 Å². The highest BCUT2D eigenvalue weighted by molar-refractivity contribution is 6.40. The molecule has 1 aliphatic rings. The summed E-state index contributed by atoms with van der Waals surface area (Å²) >= 11 is 0. The second kappa shape index (κ2) is 8.10. The number of carbonyl (C=O) groups is 2. The number of aromatic nitrogens is 2. The smallest absolute Gasteiger partial charge is 0.268 e. The molecule has 2 atom stereocenters. The van der Waals surface area contributed by atoms with Crippen LogP contribution in [0.2, 0.25) is 0 Å². The van der Waals surface area contributed by atoms with Crippen LogP contribution in [0.25, 0.3) is 11.0 Å². The molecule has 154 valence electrons. The number of benzene rings is 2. The lowest BCUT2D eigenvalue weighted by atomic mass is 10.1. The van der Waals surface area contributed by atoms with E-state index in [1.807, 2.05) is 61.5 Å². The summed E-state index contributed by atoms with van der Waals surface area (Å²) in [5, 5.41) is 9.14. The van der Waals surface area contributed by atoms with Gasteiger partial charge in [0.25, 0.3) is 5.91 Å². The summed E-state index contributed by atoms with van der Waals surface area (Å²) in [5.74, 6) is 0.502. The predicted octanol–water partition coefficient (Wildman–Crippen LogP) is 3.46. The standard InChI is InChI=1S/C23H25N5O2/c1-4-27-20-13-9-8-12-18(20)25-22(27)15(2)24-23(30)19-14-21(16(3)29)28(26-19)17-10-6-5-7-11-17/h5-13,15,21H,4,14H2,1-3H3,(H,24,30). The molecule has 0 radical (unpaired) electrons. The van der Waals surface area contributed by atoms with Crippen molar-refractivity contribution >= 4 is 34.1 Å². The number of aryl methyl sites for hydroxylation is 1.